The number of carbonyl (C=O) groups is 1. The molecular weight excluding hydrogens is 258 g/mol. The molecule has 1 N–H and O–H groups in total. The molecule has 0 aliphatic carbocycles. The van der Waals surface area contributed by atoms with E-state index in [2.05, 4.69) is 5.10 Å². The van der Waals surface area contributed by atoms with Gasteiger partial charge in [0.05, 0.1) is 31.4 Å². The lowest BCUT2D eigenvalue weighted by atomic mass is 10.2. The van der Waals surface area contributed by atoms with Crippen molar-refractivity contribution < 1.29 is 14.6 Å². The fraction of sp³-hybridized carbons (Fsp3) is 0.429. The van der Waals surface area contributed by atoms with Crippen molar-refractivity contribution in [2.75, 3.05) is 13.7 Å². The summed E-state index contributed by atoms with van der Waals surface area (Å²) in [5, 5.41) is 14.6. The van der Waals surface area contributed by atoms with Gasteiger partial charge >= 0.3 is 6.09 Å². The summed E-state index contributed by atoms with van der Waals surface area (Å²) < 4.78 is 7.10. The van der Waals surface area contributed by atoms with Crippen LogP contribution in [0.1, 0.15) is 12.8 Å². The number of hydrogen-bond acceptors (Lipinski definition) is 3. The molecule has 1 aliphatic rings. The summed E-state index contributed by atoms with van der Waals surface area (Å²) in [4.78, 5) is 12.7. The molecule has 0 bridgehead atoms. The van der Waals surface area contributed by atoms with Crippen molar-refractivity contribution in [3.63, 3.8) is 0 Å². The van der Waals surface area contributed by atoms with Crippen molar-refractivity contribution in [1.82, 2.24) is 14.7 Å². The maximum atomic E-state index is 11.2. The first kappa shape index (κ1) is 12.8. The molecule has 1 aliphatic heterocycles. The Labute approximate surface area is 116 Å². The van der Waals surface area contributed by atoms with E-state index < -0.39 is 6.09 Å². The largest absolute Gasteiger partial charge is 0.497 e. The number of fused-ring (bicyclic) bond motifs is 1. The van der Waals surface area contributed by atoms with Gasteiger partial charge in [0.15, 0.2) is 0 Å². The summed E-state index contributed by atoms with van der Waals surface area (Å²) in [6, 6.07) is 5.79. The zero-order chi connectivity index (χ0) is 14.1. The van der Waals surface area contributed by atoms with Crippen LogP contribution in [0, 0.1) is 0 Å². The van der Waals surface area contributed by atoms with Gasteiger partial charge in [-0.2, -0.15) is 5.10 Å². The average Bonchev–Trinajstić information content (AvgIpc) is 3.06. The van der Waals surface area contributed by atoms with Gasteiger partial charge in [-0.1, -0.05) is 0 Å². The lowest BCUT2D eigenvalue weighted by Crippen LogP contribution is -2.37. The lowest BCUT2D eigenvalue weighted by Gasteiger charge is -2.21. The molecule has 6 nitrogen and oxygen atoms in total. The van der Waals surface area contributed by atoms with Crippen LogP contribution in [0.5, 0.6) is 5.75 Å². The van der Waals surface area contributed by atoms with Gasteiger partial charge in [0, 0.05) is 18.0 Å². The predicted molar refractivity (Wildman–Crippen MR) is 74.0 cm³/mol. The van der Waals surface area contributed by atoms with Crippen molar-refractivity contribution in [3.8, 4) is 5.75 Å². The summed E-state index contributed by atoms with van der Waals surface area (Å²) >= 11 is 0. The molecule has 0 saturated carbocycles. The van der Waals surface area contributed by atoms with Crippen LogP contribution >= 0.6 is 0 Å². The van der Waals surface area contributed by atoms with Gasteiger partial charge in [-0.15, -0.1) is 0 Å². The van der Waals surface area contributed by atoms with Crippen LogP contribution in [0.15, 0.2) is 24.4 Å². The van der Waals surface area contributed by atoms with Crippen LogP contribution < -0.4 is 4.74 Å². The number of nitrogens with zero attached hydrogens (tertiary/aromatic N) is 3. The highest BCUT2D eigenvalue weighted by molar-refractivity contribution is 5.80. The summed E-state index contributed by atoms with van der Waals surface area (Å²) in [6.45, 7) is 1.20. The normalized spacial score (nSPS) is 18.6. The van der Waals surface area contributed by atoms with E-state index in [-0.39, 0.29) is 6.04 Å². The zero-order valence-corrected chi connectivity index (χ0v) is 11.3. The number of aromatic nitrogens is 2. The number of ether oxygens (including phenoxy) is 1. The molecule has 1 saturated heterocycles. The van der Waals surface area contributed by atoms with Gasteiger partial charge in [-0.25, -0.2) is 4.79 Å². The lowest BCUT2D eigenvalue weighted by molar-refractivity contribution is 0.135. The summed E-state index contributed by atoms with van der Waals surface area (Å²) in [5.41, 5.74) is 0.974. The molecule has 3 rings (SSSR count). The molecule has 2 heterocycles. The molecule has 0 spiro atoms. The Morgan fingerprint density at radius 2 is 2.40 bits per heavy atom. The van der Waals surface area contributed by atoms with Crippen LogP contribution in [-0.2, 0) is 6.54 Å². The van der Waals surface area contributed by atoms with E-state index >= 15 is 0 Å². The topological polar surface area (TPSA) is 67.6 Å². The highest BCUT2D eigenvalue weighted by Gasteiger charge is 2.29. The minimum absolute atomic E-state index is 0.00167. The van der Waals surface area contributed by atoms with Gasteiger partial charge in [0.25, 0.3) is 0 Å². The number of methoxy groups -OCH3 is 1. The third kappa shape index (κ3) is 2.17. The fourth-order valence-corrected chi connectivity index (χ4v) is 2.80. The van der Waals surface area contributed by atoms with Gasteiger partial charge in [0.1, 0.15) is 5.75 Å². The van der Waals surface area contributed by atoms with Crippen molar-refractivity contribution >= 4 is 17.0 Å². The maximum Gasteiger partial charge on any atom is 0.407 e. The monoisotopic (exact) mass is 275 g/mol. The highest BCUT2D eigenvalue weighted by Crippen LogP contribution is 2.23. The summed E-state index contributed by atoms with van der Waals surface area (Å²) in [6.07, 6.45) is 2.76. The molecule has 1 aromatic carbocycles. The molecule has 106 valence electrons. The van der Waals surface area contributed by atoms with E-state index in [1.807, 2.05) is 22.9 Å². The Bertz CT molecular complexity index is 638. The second kappa shape index (κ2) is 5.03. The number of likely N-dealkylation sites (tertiary alicyclic amines) is 1. The average molecular weight is 275 g/mol. The molecule has 1 fully saturated rings. The first-order valence-electron chi connectivity index (χ1n) is 6.68. The van der Waals surface area contributed by atoms with Gasteiger partial charge in [-0.05, 0) is 25.0 Å². The zero-order valence-electron chi connectivity index (χ0n) is 11.3. The standard InChI is InChI=1S/C14H17N3O3/c1-20-12-5-4-10-8-15-17(13(10)7-12)9-11-3-2-6-16(11)14(18)19/h4-5,7-8,11H,2-3,6,9H2,1H3,(H,18,19). The maximum absolute atomic E-state index is 11.2. The van der Waals surface area contributed by atoms with Gasteiger partial charge < -0.3 is 14.7 Å². The second-order valence-electron chi connectivity index (χ2n) is 5.02. The third-order valence-electron chi connectivity index (χ3n) is 3.86. The van der Waals surface area contributed by atoms with E-state index in [0.717, 1.165) is 29.5 Å². The van der Waals surface area contributed by atoms with E-state index in [0.29, 0.717) is 13.1 Å². The number of benzene rings is 1. The van der Waals surface area contributed by atoms with Crippen LogP contribution in [0.25, 0.3) is 10.9 Å². The van der Waals surface area contributed by atoms with Crippen LogP contribution in [0.4, 0.5) is 4.79 Å². The SMILES string of the molecule is COc1ccc2cnn(CC3CCCN3C(=O)O)c2c1. The summed E-state index contributed by atoms with van der Waals surface area (Å²) in [7, 11) is 1.63. The van der Waals surface area contributed by atoms with Crippen LogP contribution in [0.2, 0.25) is 0 Å². The Kier molecular flexibility index (Phi) is 3.22. The molecule has 0 radical (unpaired) electrons. The molecule has 1 unspecified atom stereocenters. The van der Waals surface area contributed by atoms with E-state index in [1.165, 1.54) is 4.90 Å². The highest BCUT2D eigenvalue weighted by atomic mass is 16.5. The molecule has 1 aromatic heterocycles. The minimum atomic E-state index is -0.846. The third-order valence-corrected chi connectivity index (χ3v) is 3.86. The van der Waals surface area contributed by atoms with E-state index in [9.17, 15) is 9.90 Å². The quantitative estimate of drug-likeness (QED) is 0.932. The van der Waals surface area contributed by atoms with Gasteiger partial charge in [0.2, 0.25) is 0 Å². The molecular formula is C14H17N3O3. The first-order chi connectivity index (χ1) is 9.69. The Hall–Kier alpha value is -2.24. The molecule has 1 amide bonds. The molecule has 1 atom stereocenters. The molecule has 2 aromatic rings. The smallest absolute Gasteiger partial charge is 0.407 e. The Morgan fingerprint density at radius 1 is 1.55 bits per heavy atom. The summed E-state index contributed by atoms with van der Waals surface area (Å²) in [5.74, 6) is 0.778. The van der Waals surface area contributed by atoms with Crippen molar-refractivity contribution in [1.29, 1.82) is 0 Å². The molecule has 6 heteroatoms. The number of hydrogen-bond donors (Lipinski definition) is 1. The van der Waals surface area contributed by atoms with Crippen molar-refractivity contribution in [3.05, 3.63) is 24.4 Å². The minimum Gasteiger partial charge on any atom is -0.497 e. The first-order valence-corrected chi connectivity index (χ1v) is 6.68. The van der Waals surface area contributed by atoms with E-state index in [4.69, 9.17) is 4.74 Å². The van der Waals surface area contributed by atoms with Gasteiger partial charge in [-0.3, -0.25) is 4.68 Å². The van der Waals surface area contributed by atoms with Crippen LogP contribution in [-0.4, -0.2) is 45.6 Å². The Morgan fingerprint density at radius 3 is 3.15 bits per heavy atom. The number of amides is 1. The predicted octanol–water partition coefficient (Wildman–Crippen LogP) is 2.19. The number of rotatable bonds is 3. The van der Waals surface area contributed by atoms with Crippen molar-refractivity contribution in [2.45, 2.75) is 25.4 Å². The van der Waals surface area contributed by atoms with Crippen molar-refractivity contribution in [2.24, 2.45) is 0 Å². The number of carboxylic acid groups (broad SMARTS) is 1. The van der Waals surface area contributed by atoms with Crippen LogP contribution in [0.3, 0.4) is 0 Å². The van der Waals surface area contributed by atoms with E-state index in [1.54, 1.807) is 13.3 Å². The second-order valence-corrected chi connectivity index (χ2v) is 5.02. The Balaban J connectivity index is 1.88. The fourth-order valence-electron chi connectivity index (χ4n) is 2.80. The molecule has 20 heavy (non-hydrogen) atoms.